The summed E-state index contributed by atoms with van der Waals surface area (Å²) in [7, 11) is 0. The molecule has 0 saturated carbocycles. The molecule has 1 fully saturated rings. The minimum atomic E-state index is -0.434. The number of carbonyl (C=O) groups is 3. The number of quaternary nitrogens is 1. The molecule has 0 spiro atoms. The molecule has 3 aromatic carbocycles. The molecule has 4 rings (SSSR count). The van der Waals surface area contributed by atoms with Gasteiger partial charge in [0.2, 0.25) is 11.8 Å². The van der Waals surface area contributed by atoms with Gasteiger partial charge in [0, 0.05) is 18.2 Å². The van der Waals surface area contributed by atoms with Crippen molar-refractivity contribution in [3.8, 4) is 0 Å². The Hall–Kier alpha value is -3.51. The van der Waals surface area contributed by atoms with Gasteiger partial charge in [-0.25, -0.2) is 4.90 Å². The minimum absolute atomic E-state index is 0.172. The van der Waals surface area contributed by atoms with Gasteiger partial charge in [-0.15, -0.1) is 0 Å². The Balaban J connectivity index is 1.47. The van der Waals surface area contributed by atoms with Crippen molar-refractivity contribution in [2.75, 3.05) is 10.2 Å². The van der Waals surface area contributed by atoms with Crippen molar-refractivity contribution in [3.63, 3.8) is 0 Å². The van der Waals surface area contributed by atoms with Gasteiger partial charge in [-0.1, -0.05) is 42.5 Å². The van der Waals surface area contributed by atoms with Crippen LogP contribution in [-0.2, 0) is 20.9 Å². The highest BCUT2D eigenvalue weighted by Gasteiger charge is 2.42. The number of nitrogens with one attached hydrogen (secondary N) is 1. The van der Waals surface area contributed by atoms with Crippen LogP contribution in [-0.4, -0.2) is 23.8 Å². The summed E-state index contributed by atoms with van der Waals surface area (Å²) >= 11 is 0. The van der Waals surface area contributed by atoms with E-state index in [1.165, 1.54) is 11.8 Å². The molecule has 0 radical (unpaired) electrons. The van der Waals surface area contributed by atoms with Crippen molar-refractivity contribution in [2.45, 2.75) is 25.9 Å². The summed E-state index contributed by atoms with van der Waals surface area (Å²) in [6, 6.07) is 20.6. The lowest BCUT2D eigenvalue weighted by Gasteiger charge is -2.15. The Kier molecular flexibility index (Phi) is 5.10. The van der Waals surface area contributed by atoms with Crippen molar-refractivity contribution in [3.05, 3.63) is 72.3 Å². The number of anilines is 2. The fourth-order valence-electron chi connectivity index (χ4n) is 3.75. The van der Waals surface area contributed by atoms with Gasteiger partial charge in [-0.05, 0) is 35.0 Å². The van der Waals surface area contributed by atoms with Crippen LogP contribution in [0.2, 0.25) is 0 Å². The van der Waals surface area contributed by atoms with Gasteiger partial charge in [-0.3, -0.25) is 14.4 Å². The molecule has 0 bridgehead atoms. The number of nitrogens with two attached hydrogens (primary N) is 1. The normalized spacial score (nSPS) is 16.4. The Bertz CT molecular complexity index is 1090. The summed E-state index contributed by atoms with van der Waals surface area (Å²) in [4.78, 5) is 37.7. The second kappa shape index (κ2) is 7.85. The third kappa shape index (κ3) is 3.88. The van der Waals surface area contributed by atoms with Gasteiger partial charge in [0.15, 0.2) is 6.04 Å². The molecule has 3 N–H and O–H groups in total. The predicted molar refractivity (Wildman–Crippen MR) is 111 cm³/mol. The average Bonchev–Trinajstić information content (AvgIpc) is 3.00. The topological polar surface area (TPSA) is 83.1 Å². The minimum Gasteiger partial charge on any atom is -0.332 e. The third-order valence-electron chi connectivity index (χ3n) is 5.13. The summed E-state index contributed by atoms with van der Waals surface area (Å²) in [5.41, 5.74) is 2.29. The molecule has 0 aliphatic carbocycles. The number of amides is 3. The molecule has 0 unspecified atom stereocenters. The zero-order chi connectivity index (χ0) is 20.4. The van der Waals surface area contributed by atoms with Crippen LogP contribution in [0.3, 0.4) is 0 Å². The summed E-state index contributed by atoms with van der Waals surface area (Å²) in [5.74, 6) is -0.585. The highest BCUT2D eigenvalue weighted by atomic mass is 16.2. The Morgan fingerprint density at radius 1 is 1.03 bits per heavy atom. The number of hydrogen-bond donors (Lipinski definition) is 2. The zero-order valence-corrected chi connectivity index (χ0v) is 16.1. The van der Waals surface area contributed by atoms with Gasteiger partial charge < -0.3 is 10.6 Å². The van der Waals surface area contributed by atoms with Crippen molar-refractivity contribution >= 4 is 39.9 Å². The Labute approximate surface area is 168 Å². The Morgan fingerprint density at radius 2 is 1.76 bits per heavy atom. The fraction of sp³-hybridized carbons (Fsp3) is 0.174. The van der Waals surface area contributed by atoms with Gasteiger partial charge in [0.1, 0.15) is 6.54 Å². The molecule has 1 saturated heterocycles. The molecular formula is C23H22N3O3+. The molecule has 3 aromatic rings. The predicted octanol–water partition coefficient (Wildman–Crippen LogP) is 2.19. The standard InChI is InChI=1S/C23H21N3O3/c1-15(27)25-18-9-11-19(12-10-18)26-22(28)13-21(23(26)29)24-14-17-7-4-6-16-5-2-3-8-20(16)17/h2-12,21,24H,13-14H2,1H3,(H,25,27)/p+1/t21-/m1/s1. The average molecular weight is 388 g/mol. The van der Waals surface area contributed by atoms with E-state index in [9.17, 15) is 14.4 Å². The summed E-state index contributed by atoms with van der Waals surface area (Å²) in [5, 5.41) is 6.93. The third-order valence-corrected chi connectivity index (χ3v) is 5.13. The van der Waals surface area contributed by atoms with E-state index in [1.54, 1.807) is 24.3 Å². The number of nitrogens with zero attached hydrogens (tertiary/aromatic N) is 1. The first-order chi connectivity index (χ1) is 14.0. The maximum Gasteiger partial charge on any atom is 0.292 e. The summed E-state index contributed by atoms with van der Waals surface area (Å²) < 4.78 is 0. The number of imide groups is 1. The summed E-state index contributed by atoms with van der Waals surface area (Å²) in [6.45, 7) is 2.05. The molecule has 0 aromatic heterocycles. The van der Waals surface area contributed by atoms with Gasteiger partial charge in [0.25, 0.3) is 5.91 Å². The fourth-order valence-corrected chi connectivity index (χ4v) is 3.75. The molecule has 146 valence electrons. The van der Waals surface area contributed by atoms with Crippen LogP contribution in [0.5, 0.6) is 0 Å². The molecule has 1 heterocycles. The van der Waals surface area contributed by atoms with Crippen LogP contribution in [0.1, 0.15) is 18.9 Å². The molecule has 1 aliphatic heterocycles. The van der Waals surface area contributed by atoms with E-state index in [2.05, 4.69) is 29.6 Å². The quantitative estimate of drug-likeness (QED) is 0.658. The maximum atomic E-state index is 12.9. The number of carbonyl (C=O) groups excluding carboxylic acids is 3. The first-order valence-electron chi connectivity index (χ1n) is 9.57. The van der Waals surface area contributed by atoms with Crippen molar-refractivity contribution < 1.29 is 19.7 Å². The highest BCUT2D eigenvalue weighted by Crippen LogP contribution is 2.24. The second-order valence-electron chi connectivity index (χ2n) is 7.18. The van der Waals surface area contributed by atoms with E-state index < -0.39 is 6.04 Å². The van der Waals surface area contributed by atoms with Gasteiger partial charge in [-0.2, -0.15) is 0 Å². The van der Waals surface area contributed by atoms with Gasteiger partial charge >= 0.3 is 0 Å². The van der Waals surface area contributed by atoms with E-state index in [4.69, 9.17) is 0 Å². The number of rotatable bonds is 5. The van der Waals surface area contributed by atoms with Crippen molar-refractivity contribution in [1.82, 2.24) is 0 Å². The van der Waals surface area contributed by atoms with Crippen molar-refractivity contribution in [1.29, 1.82) is 0 Å². The first-order valence-corrected chi connectivity index (χ1v) is 9.57. The number of hydrogen-bond acceptors (Lipinski definition) is 3. The van der Waals surface area contributed by atoms with E-state index in [-0.39, 0.29) is 24.1 Å². The number of fused-ring (bicyclic) bond motifs is 1. The lowest BCUT2D eigenvalue weighted by atomic mass is 10.0. The lowest BCUT2D eigenvalue weighted by molar-refractivity contribution is -0.689. The van der Waals surface area contributed by atoms with Crippen LogP contribution in [0.25, 0.3) is 10.8 Å². The van der Waals surface area contributed by atoms with Crippen LogP contribution in [0.15, 0.2) is 66.7 Å². The molecule has 6 heteroatoms. The number of benzene rings is 3. The molecular weight excluding hydrogens is 366 g/mol. The maximum absolute atomic E-state index is 12.9. The van der Waals surface area contributed by atoms with E-state index in [0.717, 1.165) is 16.3 Å². The lowest BCUT2D eigenvalue weighted by Crippen LogP contribution is -2.90. The SMILES string of the molecule is CC(=O)Nc1ccc(N2C(=O)C[C@@H]([NH2+]Cc3cccc4ccccc34)C2=O)cc1. The van der Waals surface area contributed by atoms with Gasteiger partial charge in [0.05, 0.1) is 12.1 Å². The summed E-state index contributed by atoms with van der Waals surface area (Å²) in [6.07, 6.45) is 0.178. The highest BCUT2D eigenvalue weighted by molar-refractivity contribution is 6.21. The largest absolute Gasteiger partial charge is 0.332 e. The van der Waals surface area contributed by atoms with Crippen LogP contribution in [0.4, 0.5) is 11.4 Å². The van der Waals surface area contributed by atoms with Crippen molar-refractivity contribution in [2.24, 2.45) is 0 Å². The van der Waals surface area contributed by atoms with Crippen LogP contribution < -0.4 is 15.5 Å². The second-order valence-corrected chi connectivity index (χ2v) is 7.18. The van der Waals surface area contributed by atoms with E-state index in [0.29, 0.717) is 17.9 Å². The van der Waals surface area contributed by atoms with Crippen LogP contribution >= 0.6 is 0 Å². The van der Waals surface area contributed by atoms with E-state index in [1.807, 2.05) is 23.5 Å². The smallest absolute Gasteiger partial charge is 0.292 e. The Morgan fingerprint density at radius 3 is 2.52 bits per heavy atom. The molecule has 3 amide bonds. The molecule has 1 atom stereocenters. The van der Waals surface area contributed by atoms with Crippen LogP contribution in [0, 0.1) is 0 Å². The zero-order valence-electron chi connectivity index (χ0n) is 16.1. The monoisotopic (exact) mass is 388 g/mol. The van der Waals surface area contributed by atoms with E-state index >= 15 is 0 Å². The first kappa shape index (κ1) is 18.8. The molecule has 6 nitrogen and oxygen atoms in total. The molecule has 1 aliphatic rings. The molecule has 29 heavy (non-hydrogen) atoms.